The van der Waals surface area contributed by atoms with E-state index in [0.29, 0.717) is 12.2 Å². The van der Waals surface area contributed by atoms with Crippen molar-refractivity contribution in [1.82, 2.24) is 30.4 Å². The Bertz CT molecular complexity index is 1780. The predicted molar refractivity (Wildman–Crippen MR) is 188 cm³/mol. The van der Waals surface area contributed by atoms with E-state index in [0.717, 1.165) is 86.8 Å². The highest BCUT2D eigenvalue weighted by atomic mass is 19.1. The number of hydrogen-bond acceptors (Lipinski definition) is 5. The molecule has 0 bridgehead atoms. The van der Waals surface area contributed by atoms with Gasteiger partial charge in [-0.15, -0.1) is 0 Å². The molecule has 0 atom stereocenters. The van der Waals surface area contributed by atoms with Crippen molar-refractivity contribution in [2.45, 2.75) is 33.6 Å². The van der Waals surface area contributed by atoms with Crippen molar-refractivity contribution in [2.75, 3.05) is 32.5 Å². The van der Waals surface area contributed by atoms with Gasteiger partial charge in [-0.25, -0.2) is 9.37 Å². The van der Waals surface area contributed by atoms with Gasteiger partial charge in [0.05, 0.1) is 11.4 Å². The summed E-state index contributed by atoms with van der Waals surface area (Å²) in [5, 5.41) is 15.2. The molecule has 0 saturated heterocycles. The molecule has 8 heteroatoms. The zero-order valence-corrected chi connectivity index (χ0v) is 27.0. The Labute approximate surface area is 266 Å². The summed E-state index contributed by atoms with van der Waals surface area (Å²) in [6.45, 7) is 19.7. The van der Waals surface area contributed by atoms with Gasteiger partial charge in [0.1, 0.15) is 5.82 Å². The van der Waals surface area contributed by atoms with Gasteiger partial charge in [0.15, 0.2) is 5.65 Å². The lowest BCUT2D eigenvalue weighted by atomic mass is 9.96. The van der Waals surface area contributed by atoms with Gasteiger partial charge < -0.3 is 20.5 Å². The quantitative estimate of drug-likeness (QED) is 0.102. The maximum Gasteiger partial charge on any atom is 0.181 e. The minimum absolute atomic E-state index is 0.306. The number of nitrogens with zero attached hydrogens (tertiary/aromatic N) is 3. The van der Waals surface area contributed by atoms with Crippen LogP contribution in [0, 0.1) is 12.7 Å². The van der Waals surface area contributed by atoms with E-state index < -0.39 is 0 Å². The first-order valence-electron chi connectivity index (χ1n) is 15.2. The van der Waals surface area contributed by atoms with Gasteiger partial charge >= 0.3 is 0 Å². The van der Waals surface area contributed by atoms with Crippen LogP contribution in [0.2, 0.25) is 0 Å². The van der Waals surface area contributed by atoms with Gasteiger partial charge in [0.2, 0.25) is 0 Å². The predicted octanol–water partition coefficient (Wildman–Crippen LogP) is 8.37. The second kappa shape index (κ2) is 15.2. The molecule has 0 aliphatic carbocycles. The summed E-state index contributed by atoms with van der Waals surface area (Å²) >= 11 is 0. The molecule has 4 N–H and O–H groups in total. The number of aromatic amines is 2. The van der Waals surface area contributed by atoms with Gasteiger partial charge in [-0.2, -0.15) is 5.10 Å². The number of rotatable bonds is 15. The SMILES string of the molecule is C=C/C=C(/c1cc(F)cc(NCCN(C)C)c1)c1cc(-c2[nH]nc3ncc(C(/C=C(\C=C)NC(=C)CCC)=C/C)cc23)[nH]c1C. The monoisotopic (exact) mass is 605 g/mol. The maximum absolute atomic E-state index is 14.8. The van der Waals surface area contributed by atoms with Crippen LogP contribution < -0.4 is 10.6 Å². The summed E-state index contributed by atoms with van der Waals surface area (Å²) in [6, 6.07) is 9.19. The van der Waals surface area contributed by atoms with E-state index >= 15 is 0 Å². The Kier molecular flexibility index (Phi) is 11.1. The van der Waals surface area contributed by atoms with Crippen LogP contribution in [0.4, 0.5) is 10.1 Å². The lowest BCUT2D eigenvalue weighted by molar-refractivity contribution is 0.425. The highest BCUT2D eigenvalue weighted by Crippen LogP contribution is 2.34. The number of fused-ring (bicyclic) bond motifs is 1. The third kappa shape index (κ3) is 8.16. The van der Waals surface area contributed by atoms with Crippen LogP contribution in [-0.4, -0.2) is 52.3 Å². The molecule has 4 rings (SSSR count). The van der Waals surface area contributed by atoms with E-state index in [-0.39, 0.29) is 5.82 Å². The van der Waals surface area contributed by atoms with Crippen molar-refractivity contribution in [1.29, 1.82) is 0 Å². The van der Waals surface area contributed by atoms with Gasteiger partial charge in [-0.3, -0.25) is 5.10 Å². The van der Waals surface area contributed by atoms with Crippen molar-refractivity contribution in [3.8, 4) is 11.4 Å². The fourth-order valence-electron chi connectivity index (χ4n) is 5.18. The summed E-state index contributed by atoms with van der Waals surface area (Å²) in [6.07, 6.45) is 13.2. The van der Waals surface area contributed by atoms with Crippen LogP contribution in [0.25, 0.3) is 33.6 Å². The second-order valence-electron chi connectivity index (χ2n) is 11.2. The van der Waals surface area contributed by atoms with Crippen LogP contribution in [-0.2, 0) is 0 Å². The highest BCUT2D eigenvalue weighted by Gasteiger charge is 2.18. The smallest absolute Gasteiger partial charge is 0.181 e. The standard InChI is InChI=1S/C37H44FN7/c1-9-13-24(5)41-30(12-4)18-26(11-3)28-20-34-36(43-44-37(34)40-23-28)35-22-33(25(6)42-35)32(14-10-2)27-17-29(38)21-31(19-27)39-15-16-45(7)8/h10-12,14,17-23,39,41-42H,2,4-5,9,13,15-16H2,1,3,6-8H3,(H,40,43,44)/b26-11+,30-18+,32-14-. The second-order valence-corrected chi connectivity index (χ2v) is 11.2. The Hall–Kier alpha value is -4.95. The summed E-state index contributed by atoms with van der Waals surface area (Å²) in [7, 11) is 4.02. The molecular formula is C37H44FN7. The molecule has 0 fully saturated rings. The van der Waals surface area contributed by atoms with Crippen molar-refractivity contribution >= 4 is 27.9 Å². The van der Waals surface area contributed by atoms with Gasteiger partial charge in [0, 0.05) is 58.6 Å². The number of halogens is 1. The average molecular weight is 606 g/mol. The van der Waals surface area contributed by atoms with Crippen molar-refractivity contribution in [3.63, 3.8) is 0 Å². The van der Waals surface area contributed by atoms with Crippen LogP contribution in [0.5, 0.6) is 0 Å². The number of benzene rings is 1. The topological polar surface area (TPSA) is 84.7 Å². The fraction of sp³-hybridized carbons (Fsp3) is 0.243. The summed E-state index contributed by atoms with van der Waals surface area (Å²) in [5.74, 6) is -0.306. The Morgan fingerprint density at radius 3 is 2.60 bits per heavy atom. The fourth-order valence-corrected chi connectivity index (χ4v) is 5.18. The van der Waals surface area contributed by atoms with Crippen LogP contribution in [0.15, 0.2) is 98.0 Å². The third-order valence-electron chi connectivity index (χ3n) is 7.41. The lowest BCUT2D eigenvalue weighted by Crippen LogP contribution is -2.20. The summed E-state index contributed by atoms with van der Waals surface area (Å²) in [4.78, 5) is 10.2. The first-order chi connectivity index (χ1) is 21.7. The number of allylic oxidation sites excluding steroid dienone is 7. The van der Waals surface area contributed by atoms with Crippen molar-refractivity contribution < 1.29 is 4.39 Å². The Morgan fingerprint density at radius 1 is 1.11 bits per heavy atom. The molecule has 45 heavy (non-hydrogen) atoms. The molecule has 0 spiro atoms. The van der Waals surface area contributed by atoms with E-state index in [1.807, 2.05) is 58.4 Å². The average Bonchev–Trinajstić information content (AvgIpc) is 3.60. The van der Waals surface area contributed by atoms with Crippen molar-refractivity contribution in [3.05, 3.63) is 126 Å². The highest BCUT2D eigenvalue weighted by molar-refractivity contribution is 5.94. The molecule has 0 unspecified atom stereocenters. The first-order valence-corrected chi connectivity index (χ1v) is 15.2. The molecule has 0 aliphatic rings. The van der Waals surface area contributed by atoms with Crippen molar-refractivity contribution in [2.24, 2.45) is 0 Å². The normalized spacial score (nSPS) is 12.6. The molecule has 0 saturated carbocycles. The zero-order valence-electron chi connectivity index (χ0n) is 27.0. The number of nitrogens with one attached hydrogen (secondary N) is 4. The molecule has 3 heterocycles. The third-order valence-corrected chi connectivity index (χ3v) is 7.41. The number of aromatic nitrogens is 4. The Morgan fingerprint density at radius 2 is 1.91 bits per heavy atom. The molecule has 0 radical (unpaired) electrons. The summed E-state index contributed by atoms with van der Waals surface area (Å²) in [5.41, 5.74) is 10.2. The molecular weight excluding hydrogens is 561 g/mol. The number of aryl methyl sites for hydroxylation is 1. The number of H-pyrrole nitrogens is 2. The minimum atomic E-state index is -0.306. The number of likely N-dealkylation sites (N-methyl/N-ethyl adjacent to an activating group) is 1. The molecule has 0 aliphatic heterocycles. The largest absolute Gasteiger partial charge is 0.384 e. The zero-order chi connectivity index (χ0) is 32.5. The van der Waals surface area contributed by atoms with Crippen LogP contribution >= 0.6 is 0 Å². The molecule has 234 valence electrons. The minimum Gasteiger partial charge on any atom is -0.384 e. The molecule has 4 aromatic rings. The van der Waals surface area contributed by atoms with Gasteiger partial charge in [0.25, 0.3) is 0 Å². The number of anilines is 1. The van der Waals surface area contributed by atoms with E-state index in [2.05, 4.69) is 74.5 Å². The van der Waals surface area contributed by atoms with Crippen LogP contribution in [0.1, 0.15) is 49.1 Å². The Balaban J connectivity index is 1.71. The van der Waals surface area contributed by atoms with Gasteiger partial charge in [-0.05, 0) is 93.6 Å². The number of pyridine rings is 1. The van der Waals surface area contributed by atoms with Gasteiger partial charge in [-0.1, -0.05) is 51.3 Å². The maximum atomic E-state index is 14.8. The lowest BCUT2D eigenvalue weighted by Gasteiger charge is -2.14. The van der Waals surface area contributed by atoms with E-state index in [4.69, 9.17) is 0 Å². The first kappa shape index (κ1) is 33.0. The molecule has 7 nitrogen and oxygen atoms in total. The van der Waals surface area contributed by atoms with E-state index in [1.54, 1.807) is 18.2 Å². The molecule has 1 aromatic carbocycles. The van der Waals surface area contributed by atoms with E-state index in [9.17, 15) is 4.39 Å². The molecule has 0 amide bonds. The molecule has 3 aromatic heterocycles. The summed E-state index contributed by atoms with van der Waals surface area (Å²) < 4.78 is 14.8. The van der Waals surface area contributed by atoms with Crippen LogP contribution in [0.3, 0.4) is 0 Å². The number of hydrogen-bond donors (Lipinski definition) is 4. The van der Waals surface area contributed by atoms with E-state index in [1.165, 1.54) is 6.07 Å².